The van der Waals surface area contributed by atoms with Crippen molar-refractivity contribution in [1.29, 1.82) is 0 Å². The monoisotopic (exact) mass is 254 g/mol. The highest BCUT2D eigenvalue weighted by Crippen LogP contribution is 2.21. The van der Waals surface area contributed by atoms with E-state index in [0.29, 0.717) is 11.1 Å². The van der Waals surface area contributed by atoms with Gasteiger partial charge in [-0.1, -0.05) is 43.0 Å². The van der Waals surface area contributed by atoms with Crippen LogP contribution in [0, 0.1) is 11.8 Å². The Kier molecular flexibility index (Phi) is 4.15. The molecule has 0 saturated carbocycles. The van der Waals surface area contributed by atoms with Crippen LogP contribution in [0.15, 0.2) is 36.1 Å². The third kappa shape index (κ3) is 2.92. The lowest BCUT2D eigenvalue weighted by Crippen LogP contribution is -2.18. The molecule has 1 aliphatic carbocycles. The third-order valence-electron chi connectivity index (χ3n) is 2.72. The van der Waals surface area contributed by atoms with Crippen molar-refractivity contribution in [2.75, 3.05) is 6.61 Å². The van der Waals surface area contributed by atoms with Crippen LogP contribution in [0.25, 0.3) is 0 Å². The zero-order valence-electron chi connectivity index (χ0n) is 10.7. The first-order valence-electron chi connectivity index (χ1n) is 6.22. The van der Waals surface area contributed by atoms with E-state index in [1.54, 1.807) is 24.3 Å². The Morgan fingerprint density at radius 2 is 1.84 bits per heavy atom. The van der Waals surface area contributed by atoms with Crippen LogP contribution in [-0.2, 0) is 4.74 Å². The molecule has 1 aromatic rings. The highest BCUT2D eigenvalue weighted by atomic mass is 16.5. The molecule has 0 spiro atoms. The van der Waals surface area contributed by atoms with Gasteiger partial charge in [-0.05, 0) is 6.42 Å². The number of hydrogen-bond donors (Lipinski definition) is 0. The van der Waals surface area contributed by atoms with Gasteiger partial charge >= 0.3 is 0 Å². The minimum atomic E-state index is -0.257. The molecule has 0 amide bonds. The Morgan fingerprint density at radius 3 is 2.58 bits per heavy atom. The second-order valence-corrected chi connectivity index (χ2v) is 4.14. The van der Waals surface area contributed by atoms with Crippen LogP contribution in [0.5, 0.6) is 0 Å². The molecular weight excluding hydrogens is 240 g/mol. The number of benzene rings is 1. The van der Waals surface area contributed by atoms with Gasteiger partial charge in [0.25, 0.3) is 0 Å². The van der Waals surface area contributed by atoms with Crippen molar-refractivity contribution >= 4 is 11.6 Å². The van der Waals surface area contributed by atoms with E-state index in [0.717, 1.165) is 12.8 Å². The molecule has 0 bridgehead atoms. The van der Waals surface area contributed by atoms with Gasteiger partial charge < -0.3 is 4.74 Å². The maximum atomic E-state index is 12.1. The van der Waals surface area contributed by atoms with E-state index < -0.39 is 0 Å². The molecule has 3 nitrogen and oxygen atoms in total. The summed E-state index contributed by atoms with van der Waals surface area (Å²) in [4.78, 5) is 23.9. The zero-order valence-corrected chi connectivity index (χ0v) is 10.7. The van der Waals surface area contributed by atoms with E-state index in [9.17, 15) is 9.59 Å². The van der Waals surface area contributed by atoms with E-state index in [2.05, 4.69) is 11.8 Å². The molecule has 0 aliphatic heterocycles. The van der Waals surface area contributed by atoms with Crippen molar-refractivity contribution in [3.8, 4) is 11.8 Å². The first kappa shape index (κ1) is 13.1. The Bertz CT molecular complexity index is 600. The number of carbonyl (C=O) groups excluding carboxylic acids is 2. The number of ether oxygens (including phenoxy) is 1. The number of hydrogen-bond acceptors (Lipinski definition) is 3. The van der Waals surface area contributed by atoms with Crippen LogP contribution in [0.1, 0.15) is 40.5 Å². The van der Waals surface area contributed by atoms with Crippen molar-refractivity contribution in [3.05, 3.63) is 47.2 Å². The first-order valence-corrected chi connectivity index (χ1v) is 6.22. The minimum Gasteiger partial charge on any atom is -0.477 e. The fourth-order valence-electron chi connectivity index (χ4n) is 1.78. The Morgan fingerprint density at radius 1 is 1.11 bits per heavy atom. The summed E-state index contributed by atoms with van der Waals surface area (Å²) in [5.41, 5.74) is 0.823. The maximum absolute atomic E-state index is 12.1. The van der Waals surface area contributed by atoms with Crippen LogP contribution in [0.2, 0.25) is 0 Å². The van der Waals surface area contributed by atoms with E-state index >= 15 is 0 Å². The fraction of sp³-hybridized carbons (Fsp3) is 0.250. The van der Waals surface area contributed by atoms with Gasteiger partial charge in [-0.15, -0.1) is 0 Å². The standard InChI is InChI=1S/C16H14O3/c1-2-3-4-7-10-19-15-11-14(17)12-8-5-6-9-13(12)16(15)18/h5-6,8-9,11H,2-3,10H2,1H3. The van der Waals surface area contributed by atoms with E-state index in [1.807, 2.05) is 6.92 Å². The molecule has 1 aliphatic rings. The van der Waals surface area contributed by atoms with Crippen molar-refractivity contribution in [3.63, 3.8) is 0 Å². The summed E-state index contributed by atoms with van der Waals surface area (Å²) in [5, 5.41) is 0. The van der Waals surface area contributed by atoms with Gasteiger partial charge in [0.2, 0.25) is 5.78 Å². The largest absolute Gasteiger partial charge is 0.477 e. The van der Waals surface area contributed by atoms with Gasteiger partial charge in [-0.2, -0.15) is 0 Å². The van der Waals surface area contributed by atoms with Gasteiger partial charge in [0.1, 0.15) is 6.61 Å². The van der Waals surface area contributed by atoms with Crippen LogP contribution < -0.4 is 0 Å². The quantitative estimate of drug-likeness (QED) is 0.779. The van der Waals surface area contributed by atoms with Crippen molar-refractivity contribution in [1.82, 2.24) is 0 Å². The predicted molar refractivity (Wildman–Crippen MR) is 71.8 cm³/mol. The molecule has 0 saturated heterocycles. The normalized spacial score (nSPS) is 13.2. The summed E-state index contributed by atoms with van der Waals surface area (Å²) in [5.74, 6) is 5.36. The predicted octanol–water partition coefficient (Wildman–Crippen LogP) is 2.77. The van der Waals surface area contributed by atoms with E-state index in [1.165, 1.54) is 6.08 Å². The average Bonchev–Trinajstić information content (AvgIpc) is 2.44. The molecule has 3 heteroatoms. The number of allylic oxidation sites excluding steroid dienone is 2. The second-order valence-electron chi connectivity index (χ2n) is 4.14. The van der Waals surface area contributed by atoms with Gasteiger partial charge in [0.15, 0.2) is 11.5 Å². The summed E-state index contributed by atoms with van der Waals surface area (Å²) in [6.45, 7) is 2.17. The molecule has 2 rings (SSSR count). The second kappa shape index (κ2) is 6.01. The Hall–Kier alpha value is -2.34. The van der Waals surface area contributed by atoms with Crippen LogP contribution >= 0.6 is 0 Å². The SMILES string of the molecule is CCCC#CCOC1=CC(=O)c2ccccc2C1=O. The summed E-state index contributed by atoms with van der Waals surface area (Å²) in [6, 6.07) is 6.74. The highest BCUT2D eigenvalue weighted by Gasteiger charge is 2.25. The van der Waals surface area contributed by atoms with Crippen LogP contribution in [0.3, 0.4) is 0 Å². The average molecular weight is 254 g/mol. The first-order chi connectivity index (χ1) is 9.24. The molecule has 96 valence electrons. The van der Waals surface area contributed by atoms with E-state index in [-0.39, 0.29) is 23.9 Å². The molecule has 19 heavy (non-hydrogen) atoms. The number of rotatable bonds is 3. The van der Waals surface area contributed by atoms with Crippen LogP contribution in [-0.4, -0.2) is 18.2 Å². The minimum absolute atomic E-state index is 0.0782. The molecular formula is C16H14O3. The van der Waals surface area contributed by atoms with Crippen molar-refractivity contribution < 1.29 is 14.3 Å². The van der Waals surface area contributed by atoms with E-state index in [4.69, 9.17) is 4.74 Å². The highest BCUT2D eigenvalue weighted by molar-refractivity contribution is 6.23. The summed E-state index contributed by atoms with van der Waals surface area (Å²) in [6.07, 6.45) is 3.03. The fourth-order valence-corrected chi connectivity index (χ4v) is 1.78. The summed E-state index contributed by atoms with van der Waals surface area (Å²) >= 11 is 0. The summed E-state index contributed by atoms with van der Waals surface area (Å²) in [7, 11) is 0. The number of Topliss-reactive ketones (excluding diaryl/α,β-unsaturated/α-hetero) is 1. The maximum Gasteiger partial charge on any atom is 0.228 e. The molecule has 0 atom stereocenters. The Labute approximate surface area is 112 Å². The van der Waals surface area contributed by atoms with Crippen LogP contribution in [0.4, 0.5) is 0 Å². The van der Waals surface area contributed by atoms with Crippen molar-refractivity contribution in [2.45, 2.75) is 19.8 Å². The third-order valence-corrected chi connectivity index (χ3v) is 2.72. The smallest absolute Gasteiger partial charge is 0.228 e. The van der Waals surface area contributed by atoms with Gasteiger partial charge in [0, 0.05) is 23.6 Å². The zero-order chi connectivity index (χ0) is 13.7. The number of fused-ring (bicyclic) bond motifs is 1. The molecule has 0 heterocycles. The lowest BCUT2D eigenvalue weighted by molar-refractivity contribution is 0.0903. The number of carbonyl (C=O) groups is 2. The van der Waals surface area contributed by atoms with Gasteiger partial charge in [-0.25, -0.2) is 0 Å². The number of ketones is 2. The molecule has 0 radical (unpaired) electrons. The topological polar surface area (TPSA) is 43.4 Å². The molecule has 1 aromatic carbocycles. The lowest BCUT2D eigenvalue weighted by Gasteiger charge is -2.14. The molecule has 0 N–H and O–H groups in total. The molecule has 0 aromatic heterocycles. The van der Waals surface area contributed by atoms with Gasteiger partial charge in [0.05, 0.1) is 0 Å². The molecule has 0 fully saturated rings. The van der Waals surface area contributed by atoms with Crippen molar-refractivity contribution in [2.24, 2.45) is 0 Å². The number of unbranched alkanes of at least 4 members (excludes halogenated alkanes) is 1. The molecule has 0 unspecified atom stereocenters. The summed E-state index contributed by atoms with van der Waals surface area (Å²) < 4.78 is 5.29. The lowest BCUT2D eigenvalue weighted by atomic mass is 9.94. The van der Waals surface area contributed by atoms with Gasteiger partial charge in [-0.3, -0.25) is 9.59 Å². The Balaban J connectivity index is 2.11.